The molecule has 6 nitrogen and oxygen atoms in total. The van der Waals surface area contributed by atoms with Crippen molar-refractivity contribution in [1.29, 1.82) is 0 Å². The van der Waals surface area contributed by atoms with Crippen LogP contribution in [0, 0.1) is 5.82 Å². The van der Waals surface area contributed by atoms with Gasteiger partial charge in [-0.15, -0.1) is 0 Å². The standard InChI is InChI=1S/C22H24ClFN4O2/c1-25-13-3-6-15(7-4-13)30-21-10-16-19(11-20(21)29-2)26-12-27-22(16)28-14-5-8-18(24)17(23)9-14/h5,8-13,15,25H,3-4,6-7H2,1-2H3,(H,26,27,28)/t13-,15+. The number of halogens is 2. The molecular formula is C22H24ClFN4O2. The van der Waals surface area contributed by atoms with E-state index in [1.165, 1.54) is 18.5 Å². The minimum Gasteiger partial charge on any atom is -0.493 e. The summed E-state index contributed by atoms with van der Waals surface area (Å²) in [6, 6.07) is 8.73. The van der Waals surface area contributed by atoms with Crippen LogP contribution in [0.3, 0.4) is 0 Å². The van der Waals surface area contributed by atoms with Crippen molar-refractivity contribution >= 4 is 34.0 Å². The molecule has 2 aromatic carbocycles. The van der Waals surface area contributed by atoms with Gasteiger partial charge < -0.3 is 20.1 Å². The quantitative estimate of drug-likeness (QED) is 0.568. The van der Waals surface area contributed by atoms with E-state index in [1.54, 1.807) is 13.2 Å². The number of rotatable bonds is 6. The Morgan fingerprint density at radius 1 is 1.07 bits per heavy atom. The van der Waals surface area contributed by atoms with Crippen LogP contribution in [-0.4, -0.2) is 36.3 Å². The van der Waals surface area contributed by atoms with E-state index in [2.05, 4.69) is 20.6 Å². The van der Waals surface area contributed by atoms with E-state index in [4.69, 9.17) is 21.1 Å². The molecule has 1 fully saturated rings. The van der Waals surface area contributed by atoms with Crippen LogP contribution in [0.2, 0.25) is 5.02 Å². The fourth-order valence-electron chi connectivity index (χ4n) is 3.77. The number of anilines is 2. The molecule has 4 rings (SSSR count). The maximum Gasteiger partial charge on any atom is 0.162 e. The first-order valence-electron chi connectivity index (χ1n) is 9.96. The fourth-order valence-corrected chi connectivity index (χ4v) is 3.96. The molecule has 0 spiro atoms. The molecule has 2 N–H and O–H groups in total. The second kappa shape index (κ2) is 9.02. The Balaban J connectivity index is 1.64. The lowest BCUT2D eigenvalue weighted by Crippen LogP contribution is -2.34. The highest BCUT2D eigenvalue weighted by atomic mass is 35.5. The van der Waals surface area contributed by atoms with Crippen LogP contribution < -0.4 is 20.1 Å². The van der Waals surface area contributed by atoms with E-state index in [9.17, 15) is 4.39 Å². The molecule has 0 atom stereocenters. The molecule has 0 radical (unpaired) electrons. The van der Waals surface area contributed by atoms with Crippen molar-refractivity contribution in [2.24, 2.45) is 0 Å². The Morgan fingerprint density at radius 2 is 1.87 bits per heavy atom. The Bertz CT molecular complexity index is 1040. The average molecular weight is 431 g/mol. The maximum absolute atomic E-state index is 13.5. The summed E-state index contributed by atoms with van der Waals surface area (Å²) >= 11 is 5.90. The second-order valence-corrected chi connectivity index (χ2v) is 7.78. The van der Waals surface area contributed by atoms with E-state index in [0.717, 1.165) is 31.1 Å². The van der Waals surface area contributed by atoms with E-state index in [0.29, 0.717) is 34.6 Å². The van der Waals surface area contributed by atoms with Crippen molar-refractivity contribution < 1.29 is 13.9 Å². The smallest absolute Gasteiger partial charge is 0.162 e. The largest absolute Gasteiger partial charge is 0.493 e. The van der Waals surface area contributed by atoms with Gasteiger partial charge in [0.2, 0.25) is 0 Å². The predicted molar refractivity (Wildman–Crippen MR) is 117 cm³/mol. The van der Waals surface area contributed by atoms with Gasteiger partial charge in [0, 0.05) is 23.2 Å². The molecule has 0 bridgehead atoms. The summed E-state index contributed by atoms with van der Waals surface area (Å²) in [5.74, 6) is 1.40. The first kappa shape index (κ1) is 20.6. The summed E-state index contributed by atoms with van der Waals surface area (Å²) < 4.78 is 25.3. The van der Waals surface area contributed by atoms with Crippen LogP contribution in [0.4, 0.5) is 15.9 Å². The van der Waals surface area contributed by atoms with Crippen molar-refractivity contribution in [3.8, 4) is 11.5 Å². The minimum absolute atomic E-state index is 0.0428. The molecule has 1 aliphatic rings. The van der Waals surface area contributed by atoms with Gasteiger partial charge in [-0.3, -0.25) is 0 Å². The van der Waals surface area contributed by atoms with E-state index in [-0.39, 0.29) is 11.1 Å². The van der Waals surface area contributed by atoms with Crippen LogP contribution in [0.25, 0.3) is 10.9 Å². The normalized spacial score (nSPS) is 18.9. The van der Waals surface area contributed by atoms with E-state index in [1.807, 2.05) is 19.2 Å². The number of nitrogens with one attached hydrogen (secondary N) is 2. The van der Waals surface area contributed by atoms with Crippen LogP contribution in [0.1, 0.15) is 25.7 Å². The van der Waals surface area contributed by atoms with E-state index < -0.39 is 5.82 Å². The van der Waals surface area contributed by atoms with Gasteiger partial charge in [0.05, 0.1) is 23.8 Å². The van der Waals surface area contributed by atoms with Gasteiger partial charge in [-0.2, -0.15) is 0 Å². The fraction of sp³-hybridized carbons (Fsp3) is 0.364. The highest BCUT2D eigenvalue weighted by molar-refractivity contribution is 6.31. The number of hydrogen-bond donors (Lipinski definition) is 2. The summed E-state index contributed by atoms with van der Waals surface area (Å²) in [5, 5.41) is 7.34. The number of benzene rings is 2. The van der Waals surface area contributed by atoms with Gasteiger partial charge >= 0.3 is 0 Å². The molecule has 1 aromatic heterocycles. The highest BCUT2D eigenvalue weighted by Gasteiger charge is 2.23. The molecule has 3 aromatic rings. The third-order valence-corrected chi connectivity index (χ3v) is 5.77. The van der Waals surface area contributed by atoms with E-state index >= 15 is 0 Å². The molecule has 0 amide bonds. The molecule has 0 unspecified atom stereocenters. The van der Waals surface area contributed by atoms with Crippen LogP contribution in [0.5, 0.6) is 11.5 Å². The third-order valence-electron chi connectivity index (χ3n) is 5.48. The van der Waals surface area contributed by atoms with Gasteiger partial charge in [0.15, 0.2) is 11.5 Å². The number of methoxy groups -OCH3 is 1. The summed E-state index contributed by atoms with van der Waals surface area (Å²) in [6.45, 7) is 0. The molecule has 158 valence electrons. The minimum atomic E-state index is -0.469. The van der Waals surface area contributed by atoms with Crippen LogP contribution >= 0.6 is 11.6 Å². The molecule has 1 heterocycles. The SMILES string of the molecule is CN[C@H]1CC[C@@H](Oc2cc3c(Nc4ccc(F)c(Cl)c4)ncnc3cc2OC)CC1. The highest BCUT2D eigenvalue weighted by Crippen LogP contribution is 2.37. The summed E-state index contributed by atoms with van der Waals surface area (Å²) in [4.78, 5) is 8.71. The van der Waals surface area contributed by atoms with Crippen molar-refractivity contribution in [1.82, 2.24) is 15.3 Å². The maximum atomic E-state index is 13.5. The lowest BCUT2D eigenvalue weighted by atomic mass is 9.93. The Hall–Kier alpha value is -2.64. The number of aromatic nitrogens is 2. The summed E-state index contributed by atoms with van der Waals surface area (Å²) in [7, 11) is 3.62. The monoisotopic (exact) mass is 430 g/mol. The molecule has 0 saturated heterocycles. The number of ether oxygens (including phenoxy) is 2. The lowest BCUT2D eigenvalue weighted by Gasteiger charge is -2.29. The van der Waals surface area contributed by atoms with Crippen LogP contribution in [0.15, 0.2) is 36.7 Å². The molecule has 1 saturated carbocycles. The van der Waals surface area contributed by atoms with Crippen molar-refractivity contribution in [2.45, 2.75) is 37.8 Å². The van der Waals surface area contributed by atoms with Gasteiger partial charge in [0.25, 0.3) is 0 Å². The molecular weight excluding hydrogens is 407 g/mol. The van der Waals surface area contributed by atoms with Gasteiger partial charge in [-0.25, -0.2) is 14.4 Å². The summed E-state index contributed by atoms with van der Waals surface area (Å²) in [5.41, 5.74) is 1.34. The van der Waals surface area contributed by atoms with Crippen molar-refractivity contribution in [3.63, 3.8) is 0 Å². The zero-order chi connectivity index (χ0) is 21.1. The zero-order valence-corrected chi connectivity index (χ0v) is 17.7. The lowest BCUT2D eigenvalue weighted by molar-refractivity contribution is 0.137. The molecule has 0 aliphatic heterocycles. The number of fused-ring (bicyclic) bond motifs is 1. The second-order valence-electron chi connectivity index (χ2n) is 7.38. The number of hydrogen-bond acceptors (Lipinski definition) is 6. The Kier molecular flexibility index (Phi) is 6.20. The molecule has 1 aliphatic carbocycles. The van der Waals surface area contributed by atoms with Crippen molar-refractivity contribution in [2.75, 3.05) is 19.5 Å². The average Bonchev–Trinajstić information content (AvgIpc) is 2.77. The first-order valence-corrected chi connectivity index (χ1v) is 10.3. The third kappa shape index (κ3) is 4.42. The van der Waals surface area contributed by atoms with Gasteiger partial charge in [-0.05, 0) is 57.0 Å². The van der Waals surface area contributed by atoms with Gasteiger partial charge in [-0.1, -0.05) is 11.6 Å². The van der Waals surface area contributed by atoms with Gasteiger partial charge in [0.1, 0.15) is 18.0 Å². The topological polar surface area (TPSA) is 68.3 Å². The van der Waals surface area contributed by atoms with Crippen LogP contribution in [-0.2, 0) is 0 Å². The number of nitrogens with zero attached hydrogens (tertiary/aromatic N) is 2. The Labute approximate surface area is 179 Å². The summed E-state index contributed by atoms with van der Waals surface area (Å²) in [6.07, 6.45) is 5.73. The zero-order valence-electron chi connectivity index (χ0n) is 16.9. The van der Waals surface area contributed by atoms with Crippen molar-refractivity contribution in [3.05, 3.63) is 47.5 Å². The Morgan fingerprint density at radius 3 is 2.57 bits per heavy atom. The molecule has 8 heteroatoms. The first-order chi connectivity index (χ1) is 14.6. The predicted octanol–water partition coefficient (Wildman–Crippen LogP) is 5.08. The molecule has 30 heavy (non-hydrogen) atoms.